The minimum atomic E-state index is -0.247. The number of oxime groups is 1. The molecule has 4 nitrogen and oxygen atoms in total. The number of nitrogens with one attached hydrogen (secondary N) is 1. The van der Waals surface area contributed by atoms with Gasteiger partial charge >= 0.3 is 0 Å². The summed E-state index contributed by atoms with van der Waals surface area (Å²) in [4.78, 5) is 16.5. The summed E-state index contributed by atoms with van der Waals surface area (Å²) in [6.45, 7) is 0.276. The van der Waals surface area contributed by atoms with E-state index in [1.807, 2.05) is 12.1 Å². The maximum atomic E-state index is 11.6. The highest BCUT2D eigenvalue weighted by molar-refractivity contribution is 6.30. The van der Waals surface area contributed by atoms with Crippen LogP contribution >= 0.6 is 23.2 Å². The molecule has 0 radical (unpaired) electrons. The SMILES string of the molecule is O=C(CO/N=C/c1ccc(Cl)cc1)NCc1ccc(Cl)cc1. The lowest BCUT2D eigenvalue weighted by molar-refractivity contribution is -0.125. The number of rotatable bonds is 6. The molecule has 2 aromatic carbocycles. The summed E-state index contributed by atoms with van der Waals surface area (Å²) >= 11 is 11.6. The van der Waals surface area contributed by atoms with Crippen molar-refractivity contribution in [2.24, 2.45) is 5.16 Å². The second kappa shape index (κ2) is 8.41. The average molecular weight is 337 g/mol. The Kier molecular flexibility index (Phi) is 6.25. The lowest BCUT2D eigenvalue weighted by atomic mass is 10.2. The molecule has 0 aromatic heterocycles. The fourth-order valence-corrected chi connectivity index (χ4v) is 1.85. The number of hydrogen-bond acceptors (Lipinski definition) is 3. The number of benzene rings is 2. The predicted octanol–water partition coefficient (Wildman–Crippen LogP) is 3.66. The summed E-state index contributed by atoms with van der Waals surface area (Å²) < 4.78 is 0. The Morgan fingerprint density at radius 3 is 2.27 bits per heavy atom. The van der Waals surface area contributed by atoms with Gasteiger partial charge in [0.2, 0.25) is 0 Å². The maximum Gasteiger partial charge on any atom is 0.261 e. The van der Waals surface area contributed by atoms with Gasteiger partial charge in [0.1, 0.15) is 0 Å². The highest BCUT2D eigenvalue weighted by Crippen LogP contribution is 2.09. The molecule has 0 fully saturated rings. The van der Waals surface area contributed by atoms with E-state index in [-0.39, 0.29) is 12.5 Å². The third-order valence-corrected chi connectivity index (χ3v) is 3.25. The Labute approximate surface area is 138 Å². The van der Waals surface area contributed by atoms with Gasteiger partial charge in [-0.1, -0.05) is 52.6 Å². The van der Waals surface area contributed by atoms with Crippen LogP contribution in [-0.2, 0) is 16.2 Å². The topological polar surface area (TPSA) is 50.7 Å². The van der Waals surface area contributed by atoms with Crippen LogP contribution in [0, 0.1) is 0 Å². The van der Waals surface area contributed by atoms with E-state index in [0.29, 0.717) is 16.6 Å². The van der Waals surface area contributed by atoms with Crippen LogP contribution in [0.3, 0.4) is 0 Å². The Morgan fingerprint density at radius 1 is 1.05 bits per heavy atom. The molecule has 2 aromatic rings. The standard InChI is InChI=1S/C16H14Cl2N2O2/c17-14-5-1-12(2-6-14)9-19-16(21)11-22-20-10-13-3-7-15(18)8-4-13/h1-8,10H,9,11H2,(H,19,21)/b20-10+. The zero-order valence-electron chi connectivity index (χ0n) is 11.6. The van der Waals surface area contributed by atoms with Crippen molar-refractivity contribution in [1.29, 1.82) is 0 Å². The quantitative estimate of drug-likeness (QED) is 0.646. The van der Waals surface area contributed by atoms with Gasteiger partial charge in [0.15, 0.2) is 6.61 Å². The van der Waals surface area contributed by atoms with Crippen LogP contribution in [0.15, 0.2) is 53.7 Å². The number of carbonyl (C=O) groups is 1. The zero-order valence-corrected chi connectivity index (χ0v) is 13.1. The van der Waals surface area contributed by atoms with Crippen LogP contribution in [0.2, 0.25) is 10.0 Å². The molecule has 0 spiro atoms. The molecule has 2 rings (SSSR count). The molecule has 0 heterocycles. The van der Waals surface area contributed by atoms with Gasteiger partial charge in [-0.2, -0.15) is 0 Å². The molecule has 6 heteroatoms. The second-order valence-corrected chi connectivity index (χ2v) is 5.34. The first-order chi connectivity index (χ1) is 10.6. The van der Waals surface area contributed by atoms with Gasteiger partial charge in [-0.05, 0) is 35.4 Å². The molecule has 0 aliphatic carbocycles. The first-order valence-electron chi connectivity index (χ1n) is 6.55. The van der Waals surface area contributed by atoms with Crippen LogP contribution in [0.1, 0.15) is 11.1 Å². The van der Waals surface area contributed by atoms with Gasteiger partial charge in [0.05, 0.1) is 6.21 Å². The predicted molar refractivity (Wildman–Crippen MR) is 88.3 cm³/mol. The Balaban J connectivity index is 1.69. The van der Waals surface area contributed by atoms with Crippen LogP contribution in [0.25, 0.3) is 0 Å². The largest absolute Gasteiger partial charge is 0.386 e. The molecule has 0 saturated heterocycles. The van der Waals surface area contributed by atoms with Gasteiger partial charge in [-0.15, -0.1) is 0 Å². The van der Waals surface area contributed by atoms with Gasteiger partial charge in [-0.25, -0.2) is 0 Å². The summed E-state index contributed by atoms with van der Waals surface area (Å²) in [5.41, 5.74) is 1.80. The van der Waals surface area contributed by atoms with Crippen molar-refractivity contribution in [3.8, 4) is 0 Å². The van der Waals surface area contributed by atoms with E-state index in [2.05, 4.69) is 10.5 Å². The van der Waals surface area contributed by atoms with Crippen molar-refractivity contribution in [1.82, 2.24) is 5.32 Å². The van der Waals surface area contributed by atoms with Crippen molar-refractivity contribution >= 4 is 35.3 Å². The van der Waals surface area contributed by atoms with Crippen LogP contribution in [-0.4, -0.2) is 18.7 Å². The van der Waals surface area contributed by atoms with E-state index in [1.54, 1.807) is 36.4 Å². The van der Waals surface area contributed by atoms with Crippen molar-refractivity contribution < 1.29 is 9.63 Å². The Bertz CT molecular complexity index is 640. The average Bonchev–Trinajstić information content (AvgIpc) is 2.53. The summed E-state index contributed by atoms with van der Waals surface area (Å²) in [7, 11) is 0. The van der Waals surface area contributed by atoms with Crippen LogP contribution in [0.5, 0.6) is 0 Å². The molecular formula is C16H14Cl2N2O2. The van der Waals surface area contributed by atoms with Gasteiger partial charge < -0.3 is 10.2 Å². The molecule has 1 amide bonds. The van der Waals surface area contributed by atoms with E-state index < -0.39 is 0 Å². The lowest BCUT2D eigenvalue weighted by Gasteiger charge is -2.04. The summed E-state index contributed by atoms with van der Waals surface area (Å²) in [5.74, 6) is -0.247. The van der Waals surface area contributed by atoms with E-state index in [4.69, 9.17) is 28.0 Å². The van der Waals surface area contributed by atoms with Gasteiger partial charge in [-0.3, -0.25) is 4.79 Å². The van der Waals surface area contributed by atoms with E-state index >= 15 is 0 Å². The Hall–Kier alpha value is -2.04. The molecule has 22 heavy (non-hydrogen) atoms. The smallest absolute Gasteiger partial charge is 0.261 e. The zero-order chi connectivity index (χ0) is 15.8. The molecular weight excluding hydrogens is 323 g/mol. The van der Waals surface area contributed by atoms with Crippen molar-refractivity contribution in [2.75, 3.05) is 6.61 Å². The molecule has 0 aliphatic heterocycles. The normalized spacial score (nSPS) is 10.6. The third-order valence-electron chi connectivity index (χ3n) is 2.74. The Morgan fingerprint density at radius 2 is 1.64 bits per heavy atom. The minimum Gasteiger partial charge on any atom is -0.386 e. The van der Waals surface area contributed by atoms with Gasteiger partial charge in [0.25, 0.3) is 5.91 Å². The monoisotopic (exact) mass is 336 g/mol. The van der Waals surface area contributed by atoms with E-state index in [0.717, 1.165) is 11.1 Å². The van der Waals surface area contributed by atoms with Crippen LogP contribution < -0.4 is 5.32 Å². The van der Waals surface area contributed by atoms with Crippen molar-refractivity contribution in [2.45, 2.75) is 6.54 Å². The number of amides is 1. The molecule has 0 unspecified atom stereocenters. The number of carbonyl (C=O) groups excluding carboxylic acids is 1. The maximum absolute atomic E-state index is 11.6. The third kappa shape index (κ3) is 5.76. The van der Waals surface area contributed by atoms with E-state index in [9.17, 15) is 4.79 Å². The number of hydrogen-bond donors (Lipinski definition) is 1. The van der Waals surface area contributed by atoms with Crippen molar-refractivity contribution in [3.05, 3.63) is 69.7 Å². The minimum absolute atomic E-state index is 0.141. The van der Waals surface area contributed by atoms with E-state index in [1.165, 1.54) is 6.21 Å². The highest BCUT2D eigenvalue weighted by atomic mass is 35.5. The summed E-state index contributed by atoms with van der Waals surface area (Å²) in [5, 5.41) is 7.77. The fourth-order valence-electron chi connectivity index (χ4n) is 1.60. The molecule has 0 aliphatic rings. The summed E-state index contributed by atoms with van der Waals surface area (Å²) in [6, 6.07) is 14.4. The van der Waals surface area contributed by atoms with Crippen molar-refractivity contribution in [3.63, 3.8) is 0 Å². The number of halogens is 2. The second-order valence-electron chi connectivity index (χ2n) is 4.46. The number of nitrogens with zero attached hydrogens (tertiary/aromatic N) is 1. The molecule has 114 valence electrons. The molecule has 1 N–H and O–H groups in total. The summed E-state index contributed by atoms with van der Waals surface area (Å²) in [6.07, 6.45) is 1.52. The highest BCUT2D eigenvalue weighted by Gasteiger charge is 2.01. The fraction of sp³-hybridized carbons (Fsp3) is 0.125. The lowest BCUT2D eigenvalue weighted by Crippen LogP contribution is -2.26. The first kappa shape index (κ1) is 16.3. The molecule has 0 saturated carbocycles. The molecule has 0 bridgehead atoms. The molecule has 0 atom stereocenters. The van der Waals surface area contributed by atoms with Gasteiger partial charge in [0, 0.05) is 16.6 Å². The van der Waals surface area contributed by atoms with Crippen LogP contribution in [0.4, 0.5) is 0 Å². The first-order valence-corrected chi connectivity index (χ1v) is 7.31.